The number of likely N-dealkylation sites (tertiary alicyclic amines) is 2. The Kier molecular flexibility index (Phi) is 7.08. The molecule has 1 aromatic rings. The predicted octanol–water partition coefficient (Wildman–Crippen LogP) is 3.23. The minimum absolute atomic E-state index is 0.186. The second kappa shape index (κ2) is 9.79. The number of hydrogen-bond acceptors (Lipinski definition) is 5. The quantitative estimate of drug-likeness (QED) is 0.679. The van der Waals surface area contributed by atoms with E-state index in [1.807, 2.05) is 0 Å². The third-order valence-electron chi connectivity index (χ3n) is 6.67. The van der Waals surface area contributed by atoms with E-state index in [0.29, 0.717) is 23.5 Å². The number of nitrogens with zero attached hydrogens (tertiary/aromatic N) is 3. The van der Waals surface area contributed by atoms with Gasteiger partial charge in [0.25, 0.3) is 10.0 Å². The van der Waals surface area contributed by atoms with Gasteiger partial charge in [-0.05, 0) is 89.4 Å². The lowest BCUT2D eigenvalue weighted by Gasteiger charge is -2.40. The van der Waals surface area contributed by atoms with Crippen molar-refractivity contribution in [3.63, 3.8) is 0 Å². The summed E-state index contributed by atoms with van der Waals surface area (Å²) in [4.78, 5) is 9.90. The van der Waals surface area contributed by atoms with Crippen molar-refractivity contribution < 1.29 is 12.8 Å². The lowest BCUT2D eigenvalue weighted by atomic mass is 10.00. The van der Waals surface area contributed by atoms with Gasteiger partial charge in [0.15, 0.2) is 0 Å². The number of nitrogens with one attached hydrogen (secondary N) is 1. The van der Waals surface area contributed by atoms with Crippen molar-refractivity contribution in [1.82, 2.24) is 14.5 Å². The molecule has 2 saturated heterocycles. The van der Waals surface area contributed by atoms with Gasteiger partial charge >= 0.3 is 0 Å². The molecule has 0 amide bonds. The molecule has 6 nitrogen and oxygen atoms in total. The molecule has 1 N–H and O–H groups in total. The van der Waals surface area contributed by atoms with Crippen LogP contribution in [0.4, 0.5) is 4.39 Å². The fourth-order valence-electron chi connectivity index (χ4n) is 4.96. The predicted molar refractivity (Wildman–Crippen MR) is 123 cm³/mol. The summed E-state index contributed by atoms with van der Waals surface area (Å²) >= 11 is 0. The standard InChI is InChI=1S/C23H33FN4O2S/c1-18-22(19-6-8-20(24)9-7-19)31(29,30)26-23(18)25-12-5-13-27-16-10-21(11-17-27)28-14-3-2-4-15-28/h6-9,21H,2-5,10-17H2,1H3,(H,25,26). The first-order valence-corrected chi connectivity index (χ1v) is 12.9. The van der Waals surface area contributed by atoms with Crippen molar-refractivity contribution in [2.75, 3.05) is 39.3 Å². The summed E-state index contributed by atoms with van der Waals surface area (Å²) in [6, 6.07) is 6.28. The molecule has 0 radical (unpaired) electrons. The first-order chi connectivity index (χ1) is 14.9. The summed E-state index contributed by atoms with van der Waals surface area (Å²) in [6.45, 7) is 8.13. The molecular weight excluding hydrogens is 415 g/mol. The molecule has 3 aliphatic heterocycles. The highest BCUT2D eigenvalue weighted by Gasteiger charge is 2.32. The fourth-order valence-corrected chi connectivity index (χ4v) is 6.48. The Balaban J connectivity index is 1.28. The molecule has 0 spiro atoms. The van der Waals surface area contributed by atoms with Crippen LogP contribution in [0.25, 0.3) is 4.91 Å². The van der Waals surface area contributed by atoms with Gasteiger partial charge in [-0.3, -0.25) is 9.71 Å². The second-order valence-electron chi connectivity index (χ2n) is 8.82. The summed E-state index contributed by atoms with van der Waals surface area (Å²) in [5, 5.41) is 0. The van der Waals surface area contributed by atoms with Crippen molar-refractivity contribution in [3.8, 4) is 0 Å². The maximum atomic E-state index is 13.2. The van der Waals surface area contributed by atoms with Gasteiger partial charge in [-0.1, -0.05) is 18.6 Å². The van der Waals surface area contributed by atoms with Gasteiger partial charge in [0.1, 0.15) is 16.6 Å². The highest BCUT2D eigenvalue weighted by molar-refractivity contribution is 8.00. The van der Waals surface area contributed by atoms with Crippen LogP contribution in [0.1, 0.15) is 51.0 Å². The average molecular weight is 449 g/mol. The molecule has 1 aromatic carbocycles. The number of rotatable bonds is 6. The highest BCUT2D eigenvalue weighted by Crippen LogP contribution is 2.30. The van der Waals surface area contributed by atoms with Crippen LogP contribution in [-0.4, -0.2) is 69.4 Å². The number of hydrogen-bond donors (Lipinski definition) is 1. The zero-order chi connectivity index (χ0) is 21.8. The van der Waals surface area contributed by atoms with E-state index in [0.717, 1.165) is 32.1 Å². The molecule has 0 aromatic heterocycles. The van der Waals surface area contributed by atoms with Crippen LogP contribution in [0.2, 0.25) is 0 Å². The minimum Gasteiger partial charge on any atom is -0.303 e. The van der Waals surface area contributed by atoms with Crippen molar-refractivity contribution in [3.05, 3.63) is 41.2 Å². The zero-order valence-electron chi connectivity index (χ0n) is 18.3. The number of sulfonamides is 1. The number of halogens is 1. The lowest BCUT2D eigenvalue weighted by Crippen LogP contribution is -2.46. The zero-order valence-corrected chi connectivity index (χ0v) is 19.1. The van der Waals surface area contributed by atoms with Gasteiger partial charge in [-0.25, -0.2) is 12.8 Å². The summed E-state index contributed by atoms with van der Waals surface area (Å²) < 4.78 is 40.9. The molecule has 0 unspecified atom stereocenters. The van der Waals surface area contributed by atoms with Crippen LogP contribution in [0, 0.1) is 5.82 Å². The average Bonchev–Trinajstić information content (AvgIpc) is 3.01. The molecule has 0 atom stereocenters. The van der Waals surface area contributed by atoms with E-state index in [9.17, 15) is 12.8 Å². The maximum absolute atomic E-state index is 13.2. The number of aliphatic imine (C=N–C) groups is 1. The normalized spacial score (nSPS) is 24.6. The number of benzene rings is 1. The van der Waals surface area contributed by atoms with Gasteiger partial charge in [0, 0.05) is 18.2 Å². The number of piperidine rings is 2. The molecular formula is C23H33FN4O2S. The summed E-state index contributed by atoms with van der Waals surface area (Å²) in [6.07, 6.45) is 7.48. The van der Waals surface area contributed by atoms with E-state index in [4.69, 9.17) is 0 Å². The van der Waals surface area contributed by atoms with E-state index in [1.165, 1.54) is 69.5 Å². The Morgan fingerprint density at radius 3 is 2.42 bits per heavy atom. The lowest BCUT2D eigenvalue weighted by molar-refractivity contribution is 0.0924. The van der Waals surface area contributed by atoms with Crippen LogP contribution < -0.4 is 4.72 Å². The monoisotopic (exact) mass is 448 g/mol. The SMILES string of the molecule is CC1=C(c2ccc(F)cc2)S(=O)(=O)NC1=NCCCN1CCC(N2CCCCC2)CC1. The second-order valence-corrected chi connectivity index (χ2v) is 10.4. The van der Waals surface area contributed by atoms with Crippen LogP contribution >= 0.6 is 0 Å². The molecule has 3 aliphatic rings. The Bertz CT molecular complexity index is 929. The molecule has 0 aliphatic carbocycles. The third-order valence-corrected chi connectivity index (χ3v) is 8.21. The van der Waals surface area contributed by atoms with Crippen molar-refractivity contribution in [2.24, 2.45) is 4.99 Å². The number of amidine groups is 1. The minimum atomic E-state index is -3.66. The van der Waals surface area contributed by atoms with Crippen LogP contribution in [0.5, 0.6) is 0 Å². The first kappa shape index (κ1) is 22.4. The van der Waals surface area contributed by atoms with Gasteiger partial charge in [0.05, 0.1) is 0 Å². The van der Waals surface area contributed by atoms with E-state index < -0.39 is 10.0 Å². The molecule has 0 bridgehead atoms. The Morgan fingerprint density at radius 1 is 1.06 bits per heavy atom. The summed E-state index contributed by atoms with van der Waals surface area (Å²) in [5.41, 5.74) is 1.07. The molecule has 170 valence electrons. The van der Waals surface area contributed by atoms with Crippen LogP contribution in [0.15, 0.2) is 34.8 Å². The smallest absolute Gasteiger partial charge is 0.264 e. The molecule has 0 saturated carbocycles. The Labute approximate surface area is 185 Å². The molecule has 3 heterocycles. The first-order valence-electron chi connectivity index (χ1n) is 11.4. The fraction of sp³-hybridized carbons (Fsp3) is 0.609. The summed E-state index contributed by atoms with van der Waals surface area (Å²) in [5.74, 6) is 0.0161. The van der Waals surface area contributed by atoms with Crippen molar-refractivity contribution in [1.29, 1.82) is 0 Å². The van der Waals surface area contributed by atoms with Gasteiger partial charge < -0.3 is 9.80 Å². The van der Waals surface area contributed by atoms with Crippen LogP contribution in [0.3, 0.4) is 0 Å². The Morgan fingerprint density at radius 2 is 1.74 bits per heavy atom. The van der Waals surface area contributed by atoms with Gasteiger partial charge in [-0.15, -0.1) is 0 Å². The molecule has 31 heavy (non-hydrogen) atoms. The summed E-state index contributed by atoms with van der Waals surface area (Å²) in [7, 11) is -3.66. The Hall–Kier alpha value is -1.77. The molecule has 2 fully saturated rings. The largest absolute Gasteiger partial charge is 0.303 e. The topological polar surface area (TPSA) is 65.0 Å². The van der Waals surface area contributed by atoms with E-state index in [-0.39, 0.29) is 10.7 Å². The van der Waals surface area contributed by atoms with Crippen LogP contribution in [-0.2, 0) is 10.0 Å². The third kappa shape index (κ3) is 5.35. The maximum Gasteiger partial charge on any atom is 0.264 e. The molecule has 4 rings (SSSR count). The van der Waals surface area contributed by atoms with E-state index in [1.54, 1.807) is 6.92 Å². The van der Waals surface area contributed by atoms with E-state index in [2.05, 4.69) is 19.5 Å². The van der Waals surface area contributed by atoms with Crippen molar-refractivity contribution >= 4 is 20.8 Å². The molecule has 8 heteroatoms. The van der Waals surface area contributed by atoms with E-state index >= 15 is 0 Å². The highest BCUT2D eigenvalue weighted by atomic mass is 32.2. The van der Waals surface area contributed by atoms with Gasteiger partial charge in [0.2, 0.25) is 0 Å². The van der Waals surface area contributed by atoms with Gasteiger partial charge in [-0.2, -0.15) is 0 Å². The van der Waals surface area contributed by atoms with Crippen molar-refractivity contribution in [2.45, 2.75) is 51.5 Å².